The zero-order chi connectivity index (χ0) is 18.9. The smallest absolute Gasteiger partial charge is 0.256 e. The van der Waals surface area contributed by atoms with Crippen molar-refractivity contribution in [2.45, 2.75) is 24.7 Å². The summed E-state index contributed by atoms with van der Waals surface area (Å²) in [7, 11) is -7.50. The van der Waals surface area contributed by atoms with Crippen LogP contribution in [0.25, 0.3) is 10.9 Å². The van der Waals surface area contributed by atoms with Gasteiger partial charge in [-0.1, -0.05) is 6.07 Å². The molecule has 0 bridgehead atoms. The normalized spacial score (nSPS) is 19.7. The maximum atomic E-state index is 13.2. The molecule has 0 spiro atoms. The zero-order valence-electron chi connectivity index (χ0n) is 14.4. The van der Waals surface area contributed by atoms with Gasteiger partial charge in [0.15, 0.2) is 0 Å². The average Bonchev–Trinajstić information content (AvgIpc) is 2.60. The maximum Gasteiger partial charge on any atom is 0.274 e. The summed E-state index contributed by atoms with van der Waals surface area (Å²) in [6, 6.07) is 6.84. The van der Waals surface area contributed by atoms with Crippen LogP contribution in [0.5, 0.6) is 0 Å². The predicted molar refractivity (Wildman–Crippen MR) is 99.1 cm³/mol. The first-order valence-corrected chi connectivity index (χ1v) is 11.3. The summed E-state index contributed by atoms with van der Waals surface area (Å²) >= 11 is 0. The minimum Gasteiger partial charge on any atom is -0.256 e. The molecule has 1 atom stereocenters. The number of fused-ring (bicyclic) bond motifs is 1. The third-order valence-corrected chi connectivity index (χ3v) is 7.10. The van der Waals surface area contributed by atoms with Crippen LogP contribution in [0.1, 0.15) is 18.4 Å². The number of hydrogen-bond donors (Lipinski definition) is 2. The minimum absolute atomic E-state index is 0.119. The van der Waals surface area contributed by atoms with E-state index in [0.29, 0.717) is 23.9 Å². The summed E-state index contributed by atoms with van der Waals surface area (Å²) in [5.74, 6) is -0.119. The number of pyridine rings is 1. The summed E-state index contributed by atoms with van der Waals surface area (Å²) in [6.45, 7) is 2.67. The van der Waals surface area contributed by atoms with Crippen molar-refractivity contribution in [2.24, 2.45) is 11.1 Å². The summed E-state index contributed by atoms with van der Waals surface area (Å²) < 4.78 is 52.2. The van der Waals surface area contributed by atoms with Gasteiger partial charge in [0.05, 0.1) is 10.4 Å². The Labute approximate surface area is 153 Å². The van der Waals surface area contributed by atoms with E-state index in [0.717, 1.165) is 12.0 Å². The quantitative estimate of drug-likeness (QED) is 0.769. The third-order valence-electron chi connectivity index (χ3n) is 4.60. The van der Waals surface area contributed by atoms with Gasteiger partial charge < -0.3 is 0 Å². The van der Waals surface area contributed by atoms with Gasteiger partial charge in [-0.15, -0.1) is 0 Å². The third kappa shape index (κ3) is 4.04. The van der Waals surface area contributed by atoms with Gasteiger partial charge in [-0.2, -0.15) is 12.7 Å². The first-order chi connectivity index (χ1) is 12.2. The molecule has 0 amide bonds. The lowest BCUT2D eigenvalue weighted by atomic mass is 10.0. The van der Waals surface area contributed by atoms with Gasteiger partial charge >= 0.3 is 0 Å². The Bertz CT molecular complexity index is 1020. The van der Waals surface area contributed by atoms with Crippen LogP contribution in [0.15, 0.2) is 35.4 Å². The van der Waals surface area contributed by atoms with Crippen molar-refractivity contribution in [3.8, 4) is 0 Å². The molecule has 2 heterocycles. The Morgan fingerprint density at radius 2 is 2.04 bits per heavy atom. The SMILES string of the molecule is Cc1ccc(S(=O)(=O)N2CCCC(CNS(N)(=O)=O)C2)c2cccnc12. The van der Waals surface area contributed by atoms with E-state index in [1.807, 2.05) is 6.92 Å². The van der Waals surface area contributed by atoms with Crippen molar-refractivity contribution >= 4 is 31.1 Å². The molecule has 1 unspecified atom stereocenters. The van der Waals surface area contributed by atoms with Crippen LogP contribution in [-0.4, -0.2) is 45.8 Å². The highest BCUT2D eigenvalue weighted by Crippen LogP contribution is 2.29. The number of aryl methyl sites for hydroxylation is 1. The summed E-state index contributed by atoms with van der Waals surface area (Å²) in [5.41, 5.74) is 1.58. The highest BCUT2D eigenvalue weighted by Gasteiger charge is 2.31. The molecule has 1 aromatic heterocycles. The van der Waals surface area contributed by atoms with Crippen LogP contribution in [0.4, 0.5) is 0 Å². The number of nitrogens with zero attached hydrogens (tertiary/aromatic N) is 2. The fourth-order valence-corrected chi connectivity index (χ4v) is 5.50. The van der Waals surface area contributed by atoms with Crippen LogP contribution in [0, 0.1) is 12.8 Å². The lowest BCUT2D eigenvalue weighted by Crippen LogP contribution is -2.44. The van der Waals surface area contributed by atoms with E-state index in [1.54, 1.807) is 30.5 Å². The van der Waals surface area contributed by atoms with Crippen LogP contribution < -0.4 is 9.86 Å². The summed E-state index contributed by atoms with van der Waals surface area (Å²) in [6.07, 6.45) is 3.05. The van der Waals surface area contributed by atoms with Gasteiger partial charge in [-0.25, -0.2) is 18.3 Å². The number of piperidine rings is 1. The van der Waals surface area contributed by atoms with Gasteiger partial charge in [-0.3, -0.25) is 4.98 Å². The van der Waals surface area contributed by atoms with Gasteiger partial charge in [-0.05, 0) is 49.4 Å². The van der Waals surface area contributed by atoms with E-state index in [2.05, 4.69) is 9.71 Å². The van der Waals surface area contributed by atoms with Gasteiger partial charge in [0.1, 0.15) is 0 Å². The highest BCUT2D eigenvalue weighted by atomic mass is 32.2. The number of nitrogens with one attached hydrogen (secondary N) is 1. The Kier molecular flexibility index (Phi) is 5.31. The largest absolute Gasteiger partial charge is 0.274 e. The molecule has 8 nitrogen and oxygen atoms in total. The first kappa shape index (κ1) is 19.2. The minimum atomic E-state index is -3.79. The van der Waals surface area contributed by atoms with Crippen molar-refractivity contribution < 1.29 is 16.8 Å². The molecule has 0 aliphatic carbocycles. The molecule has 0 radical (unpaired) electrons. The van der Waals surface area contributed by atoms with Crippen molar-refractivity contribution in [1.29, 1.82) is 0 Å². The maximum absolute atomic E-state index is 13.2. The van der Waals surface area contributed by atoms with Crippen LogP contribution in [0.3, 0.4) is 0 Å². The molecule has 26 heavy (non-hydrogen) atoms. The molecule has 10 heteroatoms. The Morgan fingerprint density at radius 3 is 2.77 bits per heavy atom. The summed E-state index contributed by atoms with van der Waals surface area (Å²) in [5, 5.41) is 5.56. The Balaban J connectivity index is 1.90. The number of benzene rings is 1. The number of aromatic nitrogens is 1. The van der Waals surface area contributed by atoms with E-state index in [9.17, 15) is 16.8 Å². The number of sulfonamides is 1. The molecule has 0 saturated carbocycles. The Hall–Kier alpha value is -1.59. The second-order valence-corrected chi connectivity index (χ2v) is 9.83. The second-order valence-electron chi connectivity index (χ2n) is 6.54. The molecule has 2 aromatic rings. The lowest BCUT2D eigenvalue weighted by Gasteiger charge is -2.32. The molecule has 1 aliphatic heterocycles. The fraction of sp³-hybridized carbons (Fsp3) is 0.438. The number of hydrogen-bond acceptors (Lipinski definition) is 5. The standard InChI is InChI=1S/C16H22N4O4S2/c1-12-6-7-15(14-5-2-8-18-16(12)14)25(21,22)20-9-3-4-13(11-20)10-19-26(17,23)24/h2,5-8,13,19H,3-4,9-11H2,1H3,(H2,17,23,24). The average molecular weight is 399 g/mol. The van der Waals surface area contributed by atoms with Crippen molar-refractivity contribution in [3.63, 3.8) is 0 Å². The molecule has 3 rings (SSSR count). The van der Waals surface area contributed by atoms with Crippen molar-refractivity contribution in [2.75, 3.05) is 19.6 Å². The second kappa shape index (κ2) is 7.20. The number of nitrogens with two attached hydrogens (primary N) is 1. The molecule has 1 saturated heterocycles. The molecule has 3 N–H and O–H groups in total. The number of rotatable bonds is 5. The van der Waals surface area contributed by atoms with Crippen molar-refractivity contribution in [1.82, 2.24) is 14.0 Å². The van der Waals surface area contributed by atoms with E-state index in [1.165, 1.54) is 4.31 Å². The molecule has 1 aromatic carbocycles. The Morgan fingerprint density at radius 1 is 1.27 bits per heavy atom. The van der Waals surface area contributed by atoms with E-state index < -0.39 is 20.2 Å². The van der Waals surface area contributed by atoms with Crippen LogP contribution in [0.2, 0.25) is 0 Å². The van der Waals surface area contributed by atoms with Gasteiger partial charge in [0.2, 0.25) is 10.0 Å². The predicted octanol–water partition coefficient (Wildman–Crippen LogP) is 0.737. The first-order valence-electron chi connectivity index (χ1n) is 8.30. The zero-order valence-corrected chi connectivity index (χ0v) is 16.1. The lowest BCUT2D eigenvalue weighted by molar-refractivity contribution is 0.267. The van der Waals surface area contributed by atoms with Crippen LogP contribution in [-0.2, 0) is 20.2 Å². The monoisotopic (exact) mass is 398 g/mol. The molecule has 1 fully saturated rings. The molecule has 142 valence electrons. The van der Waals surface area contributed by atoms with Crippen molar-refractivity contribution in [3.05, 3.63) is 36.0 Å². The fourth-order valence-electron chi connectivity index (χ4n) is 3.30. The van der Waals surface area contributed by atoms with Gasteiger partial charge in [0.25, 0.3) is 10.2 Å². The van der Waals surface area contributed by atoms with E-state index in [4.69, 9.17) is 5.14 Å². The van der Waals surface area contributed by atoms with E-state index >= 15 is 0 Å². The summed E-state index contributed by atoms with van der Waals surface area (Å²) in [4.78, 5) is 4.53. The molecule has 1 aliphatic rings. The highest BCUT2D eigenvalue weighted by molar-refractivity contribution is 7.89. The molecular formula is C16H22N4O4S2. The van der Waals surface area contributed by atoms with Crippen LogP contribution >= 0.6 is 0 Å². The van der Waals surface area contributed by atoms with E-state index in [-0.39, 0.29) is 23.9 Å². The molecular weight excluding hydrogens is 376 g/mol. The topological polar surface area (TPSA) is 122 Å². The van der Waals surface area contributed by atoms with Gasteiger partial charge in [0, 0.05) is 31.2 Å².